The Morgan fingerprint density at radius 1 is 1.44 bits per heavy atom. The molecule has 0 aliphatic carbocycles. The fourth-order valence-electron chi connectivity index (χ4n) is 1.45. The molecule has 0 unspecified atom stereocenters. The summed E-state index contributed by atoms with van der Waals surface area (Å²) >= 11 is 5.58. The van der Waals surface area contributed by atoms with Crippen molar-refractivity contribution in [1.82, 2.24) is 9.55 Å². The van der Waals surface area contributed by atoms with Crippen LogP contribution in [0.15, 0.2) is 30.6 Å². The van der Waals surface area contributed by atoms with E-state index in [-0.39, 0.29) is 24.1 Å². The maximum absolute atomic E-state index is 13.5. The summed E-state index contributed by atoms with van der Waals surface area (Å²) in [4.78, 5) is 4.08. The van der Waals surface area contributed by atoms with E-state index in [1.54, 1.807) is 18.5 Å². The molecule has 0 atom stereocenters. The first-order valence-electron chi connectivity index (χ1n) is 4.57. The maximum Gasteiger partial charge on any atom is 0.129 e. The predicted molar refractivity (Wildman–Crippen MR) is 65.1 cm³/mol. The van der Waals surface area contributed by atoms with Crippen LogP contribution in [-0.4, -0.2) is 9.55 Å². The molecule has 2 rings (SSSR count). The van der Waals surface area contributed by atoms with E-state index in [0.717, 1.165) is 11.5 Å². The molecule has 0 aliphatic heterocycles. The van der Waals surface area contributed by atoms with E-state index in [4.69, 9.17) is 11.6 Å². The van der Waals surface area contributed by atoms with Crippen LogP contribution in [0.5, 0.6) is 0 Å². The van der Waals surface area contributed by atoms with Crippen molar-refractivity contribution in [2.75, 3.05) is 0 Å². The van der Waals surface area contributed by atoms with Crippen LogP contribution >= 0.6 is 24.0 Å². The first-order chi connectivity index (χ1) is 7.22. The van der Waals surface area contributed by atoms with Gasteiger partial charge in [0.2, 0.25) is 0 Å². The zero-order chi connectivity index (χ0) is 10.8. The molecule has 86 valence electrons. The van der Waals surface area contributed by atoms with E-state index in [0.29, 0.717) is 5.56 Å². The minimum atomic E-state index is -0.282. The maximum atomic E-state index is 13.5. The van der Waals surface area contributed by atoms with Gasteiger partial charge in [-0.05, 0) is 19.1 Å². The highest BCUT2D eigenvalue weighted by atomic mass is 35.5. The van der Waals surface area contributed by atoms with Gasteiger partial charge in [0.05, 0.1) is 5.88 Å². The van der Waals surface area contributed by atoms with Crippen LogP contribution in [0.1, 0.15) is 11.4 Å². The third kappa shape index (κ3) is 2.36. The standard InChI is InChI=1S/C11H10ClFN2.ClH/c1-8-14-4-5-15(8)10-3-2-9(7-12)11(13)6-10;/h2-6H,7H2,1H3;1H. The topological polar surface area (TPSA) is 17.8 Å². The fraction of sp³-hybridized carbons (Fsp3) is 0.182. The van der Waals surface area contributed by atoms with Crippen LogP contribution in [0.3, 0.4) is 0 Å². The Bertz CT molecular complexity index is 483. The summed E-state index contributed by atoms with van der Waals surface area (Å²) in [5.74, 6) is 0.735. The van der Waals surface area contributed by atoms with Gasteiger partial charge in [0.25, 0.3) is 0 Å². The summed E-state index contributed by atoms with van der Waals surface area (Å²) in [5.41, 5.74) is 1.27. The predicted octanol–water partition coefficient (Wildman–Crippen LogP) is 3.48. The molecule has 1 heterocycles. The second kappa shape index (κ2) is 5.32. The minimum Gasteiger partial charge on any atom is -0.304 e. The Morgan fingerprint density at radius 2 is 2.19 bits per heavy atom. The minimum absolute atomic E-state index is 0. The van der Waals surface area contributed by atoms with Crippen LogP contribution < -0.4 is 0 Å². The number of aromatic nitrogens is 2. The van der Waals surface area contributed by atoms with Crippen molar-refractivity contribution in [1.29, 1.82) is 0 Å². The van der Waals surface area contributed by atoms with Crippen LogP contribution in [-0.2, 0) is 5.88 Å². The summed E-state index contributed by atoms with van der Waals surface area (Å²) in [5, 5.41) is 0. The van der Waals surface area contributed by atoms with Crippen LogP contribution in [0.4, 0.5) is 4.39 Å². The highest BCUT2D eigenvalue weighted by Gasteiger charge is 2.05. The van der Waals surface area contributed by atoms with Crippen molar-refractivity contribution in [3.05, 3.63) is 47.8 Å². The lowest BCUT2D eigenvalue weighted by Gasteiger charge is -2.06. The molecule has 0 aliphatic rings. The molecular weight excluding hydrogens is 250 g/mol. The zero-order valence-corrected chi connectivity index (χ0v) is 10.2. The smallest absolute Gasteiger partial charge is 0.129 e. The number of benzene rings is 1. The number of hydrogen-bond acceptors (Lipinski definition) is 1. The van der Waals surface area contributed by atoms with Crippen molar-refractivity contribution in [3.63, 3.8) is 0 Å². The first kappa shape index (κ1) is 13.0. The van der Waals surface area contributed by atoms with Gasteiger partial charge in [0.15, 0.2) is 0 Å². The lowest BCUT2D eigenvalue weighted by atomic mass is 10.2. The summed E-state index contributed by atoms with van der Waals surface area (Å²) in [6.07, 6.45) is 3.48. The summed E-state index contributed by atoms with van der Waals surface area (Å²) in [7, 11) is 0. The van der Waals surface area contributed by atoms with Gasteiger partial charge in [-0.25, -0.2) is 9.37 Å². The van der Waals surface area contributed by atoms with E-state index < -0.39 is 0 Å². The van der Waals surface area contributed by atoms with Crippen molar-refractivity contribution >= 4 is 24.0 Å². The van der Waals surface area contributed by atoms with E-state index in [2.05, 4.69) is 4.98 Å². The third-order valence-electron chi connectivity index (χ3n) is 2.28. The normalized spacial score (nSPS) is 9.94. The monoisotopic (exact) mass is 260 g/mol. The highest BCUT2D eigenvalue weighted by molar-refractivity contribution is 6.17. The quantitative estimate of drug-likeness (QED) is 0.757. The fourth-order valence-corrected chi connectivity index (χ4v) is 1.66. The molecule has 1 aromatic carbocycles. The lowest BCUT2D eigenvalue weighted by Crippen LogP contribution is -1.97. The molecule has 0 amide bonds. The first-order valence-corrected chi connectivity index (χ1v) is 5.10. The number of halogens is 3. The number of nitrogens with zero attached hydrogens (tertiary/aromatic N) is 2. The number of aryl methyl sites for hydroxylation is 1. The molecule has 0 N–H and O–H groups in total. The molecule has 0 fully saturated rings. The molecule has 0 spiro atoms. The van der Waals surface area contributed by atoms with E-state index in [1.807, 2.05) is 17.6 Å². The van der Waals surface area contributed by atoms with Crippen molar-refractivity contribution in [3.8, 4) is 5.69 Å². The Balaban J connectivity index is 0.00000128. The van der Waals surface area contributed by atoms with Gasteiger partial charge in [-0.2, -0.15) is 0 Å². The average molecular weight is 261 g/mol. The van der Waals surface area contributed by atoms with Gasteiger partial charge >= 0.3 is 0 Å². The van der Waals surface area contributed by atoms with Gasteiger partial charge in [0, 0.05) is 23.6 Å². The van der Waals surface area contributed by atoms with Crippen LogP contribution in [0.25, 0.3) is 5.69 Å². The van der Waals surface area contributed by atoms with Crippen molar-refractivity contribution < 1.29 is 4.39 Å². The number of rotatable bonds is 2. The number of hydrogen-bond donors (Lipinski definition) is 0. The summed E-state index contributed by atoms with van der Waals surface area (Å²) in [6.45, 7) is 1.87. The molecular formula is C11H11Cl2FN2. The Labute approximate surface area is 104 Å². The Morgan fingerprint density at radius 3 is 2.69 bits per heavy atom. The van der Waals surface area contributed by atoms with Gasteiger partial charge in [0.1, 0.15) is 11.6 Å². The van der Waals surface area contributed by atoms with Crippen molar-refractivity contribution in [2.45, 2.75) is 12.8 Å². The van der Waals surface area contributed by atoms with Crippen molar-refractivity contribution in [2.24, 2.45) is 0 Å². The largest absolute Gasteiger partial charge is 0.304 e. The molecule has 0 bridgehead atoms. The molecule has 0 radical (unpaired) electrons. The van der Waals surface area contributed by atoms with E-state index in [9.17, 15) is 4.39 Å². The average Bonchev–Trinajstić information content (AvgIpc) is 2.64. The lowest BCUT2D eigenvalue weighted by molar-refractivity contribution is 0.615. The summed E-state index contributed by atoms with van der Waals surface area (Å²) < 4.78 is 15.3. The molecule has 5 heteroatoms. The molecule has 0 saturated heterocycles. The molecule has 1 aromatic heterocycles. The molecule has 2 aromatic rings. The molecule has 16 heavy (non-hydrogen) atoms. The highest BCUT2D eigenvalue weighted by Crippen LogP contribution is 2.16. The summed E-state index contributed by atoms with van der Waals surface area (Å²) in [6, 6.07) is 4.99. The van der Waals surface area contributed by atoms with Gasteiger partial charge in [-0.1, -0.05) is 6.07 Å². The Hall–Kier alpha value is -1.06. The van der Waals surface area contributed by atoms with Gasteiger partial charge < -0.3 is 4.57 Å². The number of alkyl halides is 1. The molecule has 2 nitrogen and oxygen atoms in total. The zero-order valence-electron chi connectivity index (χ0n) is 8.65. The number of imidazole rings is 1. The van der Waals surface area contributed by atoms with Crippen LogP contribution in [0, 0.1) is 12.7 Å². The Kier molecular flexibility index (Phi) is 4.33. The second-order valence-electron chi connectivity index (χ2n) is 3.25. The molecule has 0 saturated carbocycles. The second-order valence-corrected chi connectivity index (χ2v) is 3.52. The van der Waals surface area contributed by atoms with E-state index in [1.165, 1.54) is 6.07 Å². The van der Waals surface area contributed by atoms with Gasteiger partial charge in [-0.3, -0.25) is 0 Å². The van der Waals surface area contributed by atoms with Gasteiger partial charge in [-0.15, -0.1) is 24.0 Å². The third-order valence-corrected chi connectivity index (χ3v) is 2.57. The SMILES string of the molecule is Cc1nccn1-c1ccc(CCl)c(F)c1.Cl. The van der Waals surface area contributed by atoms with Crippen LogP contribution in [0.2, 0.25) is 0 Å². The van der Waals surface area contributed by atoms with E-state index >= 15 is 0 Å².